The maximum Gasteiger partial charge on any atom is 0.135 e. The van der Waals surface area contributed by atoms with Gasteiger partial charge in [-0.1, -0.05) is 0 Å². The first kappa shape index (κ1) is 8.96. The van der Waals surface area contributed by atoms with Crippen LogP contribution in [0.1, 0.15) is 17.6 Å². The Balaban J connectivity index is 2.05. The summed E-state index contributed by atoms with van der Waals surface area (Å²) >= 11 is 0. The average Bonchev–Trinajstić information content (AvgIpc) is 2.75. The molecule has 0 aliphatic carbocycles. The van der Waals surface area contributed by atoms with Crippen molar-refractivity contribution in [3.8, 4) is 0 Å². The zero-order valence-electron chi connectivity index (χ0n) is 7.88. The number of hydrogen-bond donors (Lipinski definition) is 2. The van der Waals surface area contributed by atoms with Crippen molar-refractivity contribution in [2.75, 3.05) is 0 Å². The summed E-state index contributed by atoms with van der Waals surface area (Å²) in [6, 6.07) is 1.88. The molecule has 0 aliphatic heterocycles. The number of H-pyrrole nitrogens is 1. The molecular weight excluding hydrogens is 180 g/mol. The quantitative estimate of drug-likeness (QED) is 0.740. The van der Waals surface area contributed by atoms with Crippen molar-refractivity contribution in [2.24, 2.45) is 7.05 Å². The van der Waals surface area contributed by atoms with Gasteiger partial charge in [0.1, 0.15) is 11.9 Å². The molecule has 0 saturated carbocycles. The average molecular weight is 192 g/mol. The molecule has 1 atom stereocenters. The Morgan fingerprint density at radius 2 is 2.50 bits per heavy atom. The molecule has 0 fully saturated rings. The molecule has 2 heterocycles. The van der Waals surface area contributed by atoms with Gasteiger partial charge in [0.2, 0.25) is 0 Å². The standard InChI is InChI=1S/C9H12N4O/c1-13-5-2-7(12-13)6-8(14)9-10-3-4-11-9/h2-5,8,14H,6H2,1H3,(H,10,11). The first-order valence-corrected chi connectivity index (χ1v) is 4.41. The fourth-order valence-corrected chi connectivity index (χ4v) is 1.33. The number of nitrogens with one attached hydrogen (secondary N) is 1. The van der Waals surface area contributed by atoms with Gasteiger partial charge in [0.05, 0.1) is 5.69 Å². The van der Waals surface area contributed by atoms with E-state index in [4.69, 9.17) is 0 Å². The Morgan fingerprint density at radius 1 is 1.64 bits per heavy atom. The van der Waals surface area contributed by atoms with Crippen LogP contribution in [-0.4, -0.2) is 24.9 Å². The second-order valence-electron chi connectivity index (χ2n) is 3.18. The van der Waals surface area contributed by atoms with Crippen molar-refractivity contribution in [3.05, 3.63) is 36.2 Å². The smallest absolute Gasteiger partial charge is 0.135 e. The van der Waals surface area contributed by atoms with Crippen molar-refractivity contribution >= 4 is 0 Å². The van der Waals surface area contributed by atoms with Crippen LogP contribution in [0.3, 0.4) is 0 Å². The molecule has 2 aromatic rings. The molecule has 0 amide bonds. The first-order valence-electron chi connectivity index (χ1n) is 4.41. The van der Waals surface area contributed by atoms with E-state index in [0.717, 1.165) is 5.69 Å². The third-order valence-electron chi connectivity index (χ3n) is 2.01. The van der Waals surface area contributed by atoms with E-state index in [9.17, 15) is 5.11 Å². The van der Waals surface area contributed by atoms with Crippen molar-refractivity contribution in [1.82, 2.24) is 19.7 Å². The summed E-state index contributed by atoms with van der Waals surface area (Å²) in [6.45, 7) is 0. The Bertz CT molecular complexity index is 393. The third-order valence-corrected chi connectivity index (χ3v) is 2.01. The summed E-state index contributed by atoms with van der Waals surface area (Å²) in [6.07, 6.45) is 5.03. The monoisotopic (exact) mass is 192 g/mol. The maximum absolute atomic E-state index is 9.73. The number of aliphatic hydroxyl groups is 1. The molecular formula is C9H12N4O. The van der Waals surface area contributed by atoms with Gasteiger partial charge in [-0.15, -0.1) is 0 Å². The predicted octanol–water partition coefficient (Wildman–Crippen LogP) is 0.419. The summed E-state index contributed by atoms with van der Waals surface area (Å²) in [5.41, 5.74) is 0.858. The second kappa shape index (κ2) is 3.63. The number of rotatable bonds is 3. The van der Waals surface area contributed by atoms with Gasteiger partial charge < -0.3 is 10.1 Å². The van der Waals surface area contributed by atoms with Crippen LogP contribution in [0.5, 0.6) is 0 Å². The van der Waals surface area contributed by atoms with Crippen molar-refractivity contribution < 1.29 is 5.11 Å². The highest BCUT2D eigenvalue weighted by atomic mass is 16.3. The lowest BCUT2D eigenvalue weighted by Gasteiger charge is -2.04. The minimum atomic E-state index is -0.611. The van der Waals surface area contributed by atoms with Crippen LogP contribution in [0, 0.1) is 0 Å². The second-order valence-corrected chi connectivity index (χ2v) is 3.18. The van der Waals surface area contributed by atoms with Gasteiger partial charge in [-0.3, -0.25) is 4.68 Å². The normalized spacial score (nSPS) is 13.0. The number of imidazole rings is 1. The summed E-state index contributed by atoms with van der Waals surface area (Å²) < 4.78 is 1.71. The van der Waals surface area contributed by atoms with Crippen LogP contribution in [0.4, 0.5) is 0 Å². The lowest BCUT2D eigenvalue weighted by Crippen LogP contribution is -2.04. The van der Waals surface area contributed by atoms with Crippen LogP contribution in [-0.2, 0) is 13.5 Å². The maximum atomic E-state index is 9.73. The molecule has 0 radical (unpaired) electrons. The van der Waals surface area contributed by atoms with E-state index in [2.05, 4.69) is 15.1 Å². The van der Waals surface area contributed by atoms with Crippen LogP contribution >= 0.6 is 0 Å². The molecule has 0 aromatic carbocycles. The lowest BCUT2D eigenvalue weighted by atomic mass is 10.2. The molecule has 74 valence electrons. The Hall–Kier alpha value is -1.62. The number of hydrogen-bond acceptors (Lipinski definition) is 3. The number of aromatic nitrogens is 4. The van der Waals surface area contributed by atoms with E-state index in [1.54, 1.807) is 17.1 Å². The lowest BCUT2D eigenvalue weighted by molar-refractivity contribution is 0.168. The highest BCUT2D eigenvalue weighted by molar-refractivity contribution is 5.04. The van der Waals surface area contributed by atoms with Gasteiger partial charge in [-0.05, 0) is 6.07 Å². The molecule has 2 rings (SSSR count). The van der Waals surface area contributed by atoms with E-state index in [1.165, 1.54) is 0 Å². The van der Waals surface area contributed by atoms with Crippen LogP contribution in [0.25, 0.3) is 0 Å². The van der Waals surface area contributed by atoms with E-state index >= 15 is 0 Å². The molecule has 14 heavy (non-hydrogen) atoms. The fourth-order valence-electron chi connectivity index (χ4n) is 1.33. The van der Waals surface area contributed by atoms with Crippen LogP contribution in [0.15, 0.2) is 24.7 Å². The van der Waals surface area contributed by atoms with Crippen molar-refractivity contribution in [1.29, 1.82) is 0 Å². The van der Waals surface area contributed by atoms with E-state index in [-0.39, 0.29) is 0 Å². The Kier molecular flexibility index (Phi) is 2.32. The molecule has 5 heteroatoms. The van der Waals surface area contributed by atoms with Gasteiger partial charge >= 0.3 is 0 Å². The SMILES string of the molecule is Cn1ccc(CC(O)c2ncc[nH]2)n1. The van der Waals surface area contributed by atoms with E-state index < -0.39 is 6.10 Å². The van der Waals surface area contributed by atoms with Gasteiger partial charge in [-0.2, -0.15) is 5.10 Å². The molecule has 0 aliphatic rings. The third kappa shape index (κ3) is 1.82. The van der Waals surface area contributed by atoms with Gasteiger partial charge in [0.25, 0.3) is 0 Å². The number of aliphatic hydroxyl groups excluding tert-OH is 1. The van der Waals surface area contributed by atoms with Gasteiger partial charge in [0.15, 0.2) is 0 Å². The molecule has 2 aromatic heterocycles. The highest BCUT2D eigenvalue weighted by Gasteiger charge is 2.11. The van der Waals surface area contributed by atoms with Gasteiger partial charge in [-0.25, -0.2) is 4.98 Å². The molecule has 2 N–H and O–H groups in total. The largest absolute Gasteiger partial charge is 0.385 e. The molecule has 5 nitrogen and oxygen atoms in total. The fraction of sp³-hybridized carbons (Fsp3) is 0.333. The minimum absolute atomic E-state index is 0.481. The van der Waals surface area contributed by atoms with Crippen molar-refractivity contribution in [3.63, 3.8) is 0 Å². The van der Waals surface area contributed by atoms with Gasteiger partial charge in [0, 0.05) is 32.1 Å². The predicted molar refractivity (Wildman–Crippen MR) is 50.5 cm³/mol. The number of aryl methyl sites for hydroxylation is 1. The molecule has 0 saturated heterocycles. The Morgan fingerprint density at radius 3 is 3.07 bits per heavy atom. The summed E-state index contributed by atoms with van der Waals surface area (Å²) in [5, 5.41) is 13.9. The zero-order valence-corrected chi connectivity index (χ0v) is 7.88. The summed E-state index contributed by atoms with van der Waals surface area (Å²) in [4.78, 5) is 6.85. The summed E-state index contributed by atoms with van der Waals surface area (Å²) in [5.74, 6) is 0.579. The van der Waals surface area contributed by atoms with E-state index in [0.29, 0.717) is 12.2 Å². The number of nitrogens with zero attached hydrogens (tertiary/aromatic N) is 3. The van der Waals surface area contributed by atoms with E-state index in [1.807, 2.05) is 19.3 Å². The van der Waals surface area contributed by atoms with Crippen molar-refractivity contribution in [2.45, 2.75) is 12.5 Å². The number of aromatic amines is 1. The zero-order chi connectivity index (χ0) is 9.97. The van der Waals surface area contributed by atoms with Crippen LogP contribution < -0.4 is 0 Å². The Labute approximate surface area is 81.4 Å². The molecule has 0 bridgehead atoms. The minimum Gasteiger partial charge on any atom is -0.385 e. The summed E-state index contributed by atoms with van der Waals surface area (Å²) in [7, 11) is 1.85. The first-order chi connectivity index (χ1) is 6.75. The van der Waals surface area contributed by atoms with Crippen LogP contribution in [0.2, 0.25) is 0 Å². The topological polar surface area (TPSA) is 66.7 Å². The highest BCUT2D eigenvalue weighted by Crippen LogP contribution is 2.12. The molecule has 0 spiro atoms. The molecule has 1 unspecified atom stereocenters.